The molecule has 9 heteroatoms. The minimum Gasteiger partial charge on any atom is -0.497 e. The summed E-state index contributed by atoms with van der Waals surface area (Å²) >= 11 is 1.48. The highest BCUT2D eigenvalue weighted by atomic mass is 32.2. The molecule has 29 heavy (non-hydrogen) atoms. The molecule has 2 heterocycles. The lowest BCUT2D eigenvalue weighted by Crippen LogP contribution is -1.97. The van der Waals surface area contributed by atoms with E-state index in [1.165, 1.54) is 11.8 Å². The highest BCUT2D eigenvalue weighted by Crippen LogP contribution is 2.32. The summed E-state index contributed by atoms with van der Waals surface area (Å²) in [5.41, 5.74) is 2.91. The number of thioether (sulfide) groups is 1. The van der Waals surface area contributed by atoms with Crippen LogP contribution in [0.15, 0.2) is 58.5 Å². The van der Waals surface area contributed by atoms with Gasteiger partial charge in [-0.25, -0.2) is 0 Å². The molecule has 0 aliphatic carbocycles. The quantitative estimate of drug-likeness (QED) is 0.424. The molecule has 148 valence electrons. The van der Waals surface area contributed by atoms with E-state index in [1.807, 2.05) is 34.9 Å². The molecular weight excluding hydrogens is 390 g/mol. The molecule has 2 aromatic carbocycles. The van der Waals surface area contributed by atoms with Crippen molar-refractivity contribution >= 4 is 11.8 Å². The summed E-state index contributed by atoms with van der Waals surface area (Å²) in [6, 6.07) is 13.5. The first kappa shape index (κ1) is 19.0. The van der Waals surface area contributed by atoms with Gasteiger partial charge < -0.3 is 14.0 Å². The van der Waals surface area contributed by atoms with Crippen molar-refractivity contribution in [1.82, 2.24) is 24.9 Å². The van der Waals surface area contributed by atoms with Crippen LogP contribution in [0.5, 0.6) is 11.5 Å². The molecule has 0 bridgehead atoms. The van der Waals surface area contributed by atoms with Crippen molar-refractivity contribution in [2.75, 3.05) is 14.2 Å². The van der Waals surface area contributed by atoms with E-state index in [9.17, 15) is 0 Å². The highest BCUT2D eigenvalue weighted by Gasteiger charge is 2.16. The van der Waals surface area contributed by atoms with Crippen molar-refractivity contribution in [3.63, 3.8) is 0 Å². The van der Waals surface area contributed by atoms with Crippen molar-refractivity contribution < 1.29 is 14.0 Å². The SMILES string of the molecule is COc1ccc(-c2noc(CSc3nncn3-c3ccccc3C)n2)c(OC)c1. The molecule has 0 atom stereocenters. The van der Waals surface area contributed by atoms with Gasteiger partial charge in [0.15, 0.2) is 5.16 Å². The third-order valence-corrected chi connectivity index (χ3v) is 5.26. The Morgan fingerprint density at radius 2 is 1.97 bits per heavy atom. The van der Waals surface area contributed by atoms with Gasteiger partial charge in [0.2, 0.25) is 11.7 Å². The van der Waals surface area contributed by atoms with Crippen LogP contribution in [0.2, 0.25) is 0 Å². The summed E-state index contributed by atoms with van der Waals surface area (Å²) in [5, 5.41) is 13.1. The molecule has 0 aliphatic rings. The Bertz CT molecular complexity index is 1120. The monoisotopic (exact) mass is 409 g/mol. The van der Waals surface area contributed by atoms with Gasteiger partial charge in [-0.05, 0) is 30.7 Å². The second kappa shape index (κ2) is 8.36. The maximum atomic E-state index is 5.42. The van der Waals surface area contributed by atoms with Crippen molar-refractivity contribution in [1.29, 1.82) is 0 Å². The number of aromatic nitrogens is 5. The molecule has 8 nitrogen and oxygen atoms in total. The number of benzene rings is 2. The second-order valence-corrected chi connectivity index (χ2v) is 7.08. The molecule has 0 saturated heterocycles. The summed E-state index contributed by atoms with van der Waals surface area (Å²) < 4.78 is 18.0. The fraction of sp³-hybridized carbons (Fsp3) is 0.200. The Morgan fingerprint density at radius 3 is 2.76 bits per heavy atom. The molecule has 0 fully saturated rings. The smallest absolute Gasteiger partial charge is 0.237 e. The first-order chi connectivity index (χ1) is 14.2. The number of hydrogen-bond acceptors (Lipinski definition) is 8. The molecule has 4 aromatic rings. The zero-order chi connectivity index (χ0) is 20.2. The number of para-hydroxylation sites is 1. The summed E-state index contributed by atoms with van der Waals surface area (Å²) in [7, 11) is 3.20. The van der Waals surface area contributed by atoms with Crippen molar-refractivity contribution in [2.24, 2.45) is 0 Å². The molecule has 0 N–H and O–H groups in total. The molecule has 0 aliphatic heterocycles. The normalized spacial score (nSPS) is 10.9. The molecule has 2 aromatic heterocycles. The summed E-state index contributed by atoms with van der Waals surface area (Å²) in [6.07, 6.45) is 1.70. The lowest BCUT2D eigenvalue weighted by Gasteiger charge is -2.08. The molecule has 0 radical (unpaired) electrons. The maximum absolute atomic E-state index is 5.42. The fourth-order valence-corrected chi connectivity index (χ4v) is 3.61. The van der Waals surface area contributed by atoms with Gasteiger partial charge in [0.05, 0.1) is 31.2 Å². The number of methoxy groups -OCH3 is 2. The van der Waals surface area contributed by atoms with E-state index < -0.39 is 0 Å². The van der Waals surface area contributed by atoms with Crippen LogP contribution in [0.3, 0.4) is 0 Å². The van der Waals surface area contributed by atoms with E-state index in [0.717, 1.165) is 22.0 Å². The molecule has 0 spiro atoms. The predicted molar refractivity (Wildman–Crippen MR) is 108 cm³/mol. The van der Waals surface area contributed by atoms with Crippen LogP contribution in [0, 0.1) is 6.92 Å². The Hall–Kier alpha value is -3.33. The van der Waals surface area contributed by atoms with E-state index in [-0.39, 0.29) is 0 Å². The van der Waals surface area contributed by atoms with Crippen molar-refractivity contribution in [2.45, 2.75) is 17.8 Å². The number of rotatable bonds is 7. The van der Waals surface area contributed by atoms with E-state index in [4.69, 9.17) is 14.0 Å². The van der Waals surface area contributed by atoms with Crippen molar-refractivity contribution in [3.05, 3.63) is 60.2 Å². The molecule has 0 unspecified atom stereocenters. The third-order valence-electron chi connectivity index (χ3n) is 4.33. The van der Waals surface area contributed by atoms with Gasteiger partial charge in [-0.15, -0.1) is 10.2 Å². The van der Waals surface area contributed by atoms with Gasteiger partial charge in [-0.3, -0.25) is 4.57 Å². The number of ether oxygens (including phenoxy) is 2. The van der Waals surface area contributed by atoms with Gasteiger partial charge in [0, 0.05) is 6.07 Å². The van der Waals surface area contributed by atoms with Gasteiger partial charge >= 0.3 is 0 Å². The van der Waals surface area contributed by atoms with E-state index in [2.05, 4.69) is 33.3 Å². The van der Waals surface area contributed by atoms with Crippen LogP contribution in [-0.2, 0) is 5.75 Å². The van der Waals surface area contributed by atoms with Crippen LogP contribution >= 0.6 is 11.8 Å². The fourth-order valence-electron chi connectivity index (χ4n) is 2.85. The zero-order valence-electron chi connectivity index (χ0n) is 16.2. The maximum Gasteiger partial charge on any atom is 0.237 e. The average molecular weight is 409 g/mol. The van der Waals surface area contributed by atoms with E-state index in [0.29, 0.717) is 29.0 Å². The highest BCUT2D eigenvalue weighted by molar-refractivity contribution is 7.98. The second-order valence-electron chi connectivity index (χ2n) is 6.14. The molecule has 4 rings (SSSR count). The molecule has 0 amide bonds. The summed E-state index contributed by atoms with van der Waals surface area (Å²) in [5.74, 6) is 2.72. The summed E-state index contributed by atoms with van der Waals surface area (Å²) in [4.78, 5) is 4.49. The molecule has 0 saturated carbocycles. The Kier molecular flexibility index (Phi) is 5.48. The molecular formula is C20H19N5O3S. The number of nitrogens with zero attached hydrogens (tertiary/aromatic N) is 5. The predicted octanol–water partition coefficient (Wildman–Crippen LogP) is 3.94. The average Bonchev–Trinajstić information content (AvgIpc) is 3.41. The van der Waals surface area contributed by atoms with Crippen LogP contribution in [0.1, 0.15) is 11.5 Å². The largest absolute Gasteiger partial charge is 0.497 e. The minimum atomic E-state index is 0.459. The topological polar surface area (TPSA) is 88.1 Å². The Labute approximate surface area is 171 Å². The first-order valence-electron chi connectivity index (χ1n) is 8.83. The van der Waals surface area contributed by atoms with Crippen LogP contribution < -0.4 is 9.47 Å². The lowest BCUT2D eigenvalue weighted by molar-refractivity contribution is 0.388. The van der Waals surface area contributed by atoms with Gasteiger partial charge in [0.25, 0.3) is 0 Å². The Morgan fingerprint density at radius 1 is 1.10 bits per heavy atom. The van der Waals surface area contributed by atoms with Crippen molar-refractivity contribution in [3.8, 4) is 28.6 Å². The van der Waals surface area contributed by atoms with Crippen LogP contribution in [0.4, 0.5) is 0 Å². The van der Waals surface area contributed by atoms with E-state index in [1.54, 1.807) is 26.6 Å². The lowest BCUT2D eigenvalue weighted by atomic mass is 10.2. The van der Waals surface area contributed by atoms with Crippen LogP contribution in [0.25, 0.3) is 17.1 Å². The van der Waals surface area contributed by atoms with Gasteiger partial charge in [-0.1, -0.05) is 35.1 Å². The van der Waals surface area contributed by atoms with Gasteiger partial charge in [-0.2, -0.15) is 4.98 Å². The van der Waals surface area contributed by atoms with Crippen LogP contribution in [-0.4, -0.2) is 39.1 Å². The first-order valence-corrected chi connectivity index (χ1v) is 9.82. The number of hydrogen-bond donors (Lipinski definition) is 0. The zero-order valence-corrected chi connectivity index (χ0v) is 17.0. The summed E-state index contributed by atoms with van der Waals surface area (Å²) in [6.45, 7) is 2.05. The van der Waals surface area contributed by atoms with Gasteiger partial charge in [0.1, 0.15) is 17.8 Å². The minimum absolute atomic E-state index is 0.459. The standard InChI is InChI=1S/C20H19N5O3S/c1-13-6-4-5-7-16(13)25-12-21-23-20(25)29-11-18-22-19(24-28-18)15-9-8-14(26-2)10-17(15)27-3/h4-10,12H,11H2,1-3H3. The third kappa shape index (κ3) is 3.95. The Balaban J connectivity index is 1.52. The van der Waals surface area contributed by atoms with E-state index >= 15 is 0 Å². The number of aryl methyl sites for hydroxylation is 1.